The third kappa shape index (κ3) is 3.96. The number of benzene rings is 1. The first kappa shape index (κ1) is 19.3. The second-order valence-electron chi connectivity index (χ2n) is 5.67. The molecule has 1 aliphatic rings. The normalized spacial score (nSPS) is 17.3. The Hall–Kier alpha value is -2.06. The molecule has 1 heterocycles. The van der Waals surface area contributed by atoms with E-state index < -0.39 is 17.9 Å². The molecule has 0 spiro atoms. The Labute approximate surface area is 155 Å². The maximum atomic E-state index is 12.7. The zero-order valence-corrected chi connectivity index (χ0v) is 15.9. The molecule has 134 valence electrons. The van der Waals surface area contributed by atoms with E-state index in [0.29, 0.717) is 22.0 Å². The summed E-state index contributed by atoms with van der Waals surface area (Å²) in [4.78, 5) is 25.6. The van der Waals surface area contributed by atoms with E-state index in [1.165, 1.54) is 7.11 Å². The predicted molar refractivity (Wildman–Crippen MR) is 98.2 cm³/mol. The summed E-state index contributed by atoms with van der Waals surface area (Å²) in [6.07, 6.45) is 1.63. The van der Waals surface area contributed by atoms with Gasteiger partial charge in [-0.25, -0.2) is 0 Å². The minimum absolute atomic E-state index is 0.201. The Morgan fingerprint density at radius 3 is 2.52 bits per heavy atom. The van der Waals surface area contributed by atoms with Crippen molar-refractivity contribution in [3.05, 3.63) is 28.7 Å². The molecule has 1 aromatic rings. The Morgan fingerprint density at radius 2 is 2.00 bits per heavy atom. The van der Waals surface area contributed by atoms with E-state index in [2.05, 4.69) is 0 Å². The number of ether oxygens (including phenoxy) is 2. The van der Waals surface area contributed by atoms with E-state index in [4.69, 9.17) is 21.7 Å². The standard InChI is InChI=1S/C17H19NO5S2/c1-9(2)14(16(20)21)18-15(19)13(25-17(18)24)7-10-5-6-11(22-3)8-12(10)23-4/h5-9,14H,1-4H3,(H,20,21)/p-1/b13-7+/t14-/m0/s1. The second kappa shape index (κ2) is 7.88. The summed E-state index contributed by atoms with van der Waals surface area (Å²) < 4.78 is 10.7. The molecule has 1 aromatic carbocycles. The molecule has 6 nitrogen and oxygen atoms in total. The number of methoxy groups -OCH3 is 2. The number of carbonyl (C=O) groups is 2. The summed E-state index contributed by atoms with van der Waals surface area (Å²) in [6, 6.07) is 4.09. The van der Waals surface area contributed by atoms with Gasteiger partial charge in [-0.05, 0) is 24.1 Å². The molecule has 0 radical (unpaired) electrons. The van der Waals surface area contributed by atoms with Gasteiger partial charge >= 0.3 is 0 Å². The summed E-state index contributed by atoms with van der Waals surface area (Å²) in [5, 5.41) is 11.4. The fourth-order valence-corrected chi connectivity index (χ4v) is 3.79. The van der Waals surface area contributed by atoms with Gasteiger partial charge in [0.2, 0.25) is 0 Å². The highest BCUT2D eigenvalue weighted by Gasteiger charge is 2.39. The monoisotopic (exact) mass is 380 g/mol. The van der Waals surface area contributed by atoms with Gasteiger partial charge < -0.3 is 19.4 Å². The lowest BCUT2D eigenvalue weighted by Gasteiger charge is -2.30. The highest BCUT2D eigenvalue weighted by Crippen LogP contribution is 2.37. The van der Waals surface area contributed by atoms with Crippen molar-refractivity contribution in [3.8, 4) is 11.5 Å². The average molecular weight is 380 g/mol. The average Bonchev–Trinajstić information content (AvgIpc) is 2.82. The van der Waals surface area contributed by atoms with Crippen LogP contribution in [0.1, 0.15) is 19.4 Å². The Balaban J connectivity index is 2.39. The highest BCUT2D eigenvalue weighted by molar-refractivity contribution is 8.26. The van der Waals surface area contributed by atoms with Gasteiger partial charge in [-0.15, -0.1) is 0 Å². The second-order valence-corrected chi connectivity index (χ2v) is 7.34. The van der Waals surface area contributed by atoms with E-state index in [-0.39, 0.29) is 10.2 Å². The van der Waals surface area contributed by atoms with Crippen molar-refractivity contribution in [1.29, 1.82) is 0 Å². The van der Waals surface area contributed by atoms with Crippen LogP contribution in [0.4, 0.5) is 0 Å². The SMILES string of the molecule is COc1ccc(/C=C2/SC(=S)N([C@H](C(=O)[O-])C(C)C)C2=O)c(OC)c1. The van der Waals surface area contributed by atoms with Crippen LogP contribution in [-0.2, 0) is 9.59 Å². The van der Waals surface area contributed by atoms with Crippen molar-refractivity contribution >= 4 is 46.3 Å². The molecule has 8 heteroatoms. The third-order valence-electron chi connectivity index (χ3n) is 3.70. The number of hydrogen-bond acceptors (Lipinski definition) is 7. The maximum absolute atomic E-state index is 12.7. The van der Waals surface area contributed by atoms with Gasteiger partial charge in [-0.3, -0.25) is 9.69 Å². The third-order valence-corrected chi connectivity index (χ3v) is 5.03. The number of hydrogen-bond donors (Lipinski definition) is 0. The minimum atomic E-state index is -1.32. The fraction of sp³-hybridized carbons (Fsp3) is 0.353. The summed E-state index contributed by atoms with van der Waals surface area (Å²) in [6.45, 7) is 3.41. The van der Waals surface area contributed by atoms with E-state index >= 15 is 0 Å². The molecule has 0 aliphatic carbocycles. The molecule has 2 rings (SSSR count). The minimum Gasteiger partial charge on any atom is -0.548 e. The number of nitrogens with zero attached hydrogens (tertiary/aromatic N) is 1. The van der Waals surface area contributed by atoms with Gasteiger partial charge in [0, 0.05) is 11.6 Å². The van der Waals surface area contributed by atoms with Crippen molar-refractivity contribution in [1.82, 2.24) is 4.90 Å². The topological polar surface area (TPSA) is 78.9 Å². The van der Waals surface area contributed by atoms with Crippen LogP contribution in [-0.4, -0.2) is 41.4 Å². The number of thioether (sulfide) groups is 1. The van der Waals surface area contributed by atoms with Crippen molar-refractivity contribution in [2.24, 2.45) is 5.92 Å². The van der Waals surface area contributed by atoms with Crippen LogP contribution in [0.2, 0.25) is 0 Å². The first-order chi connectivity index (χ1) is 11.8. The quantitative estimate of drug-likeness (QED) is 0.549. The number of thiocarbonyl (C=S) groups is 1. The number of aliphatic carboxylic acids is 1. The van der Waals surface area contributed by atoms with E-state index in [0.717, 1.165) is 16.7 Å². The zero-order chi connectivity index (χ0) is 18.7. The van der Waals surface area contributed by atoms with Crippen molar-refractivity contribution in [2.45, 2.75) is 19.9 Å². The molecule has 1 aliphatic heterocycles. The van der Waals surface area contributed by atoms with Gasteiger partial charge in [0.15, 0.2) is 0 Å². The highest BCUT2D eigenvalue weighted by atomic mass is 32.2. The van der Waals surface area contributed by atoms with Crippen LogP contribution in [0.5, 0.6) is 11.5 Å². The molecule has 0 unspecified atom stereocenters. The van der Waals surface area contributed by atoms with Gasteiger partial charge in [-0.1, -0.05) is 37.8 Å². The molecule has 0 aromatic heterocycles. The first-order valence-corrected chi connectivity index (χ1v) is 8.72. The lowest BCUT2D eigenvalue weighted by molar-refractivity contribution is -0.311. The van der Waals surface area contributed by atoms with E-state index in [1.807, 2.05) is 0 Å². The molecule has 1 saturated heterocycles. The zero-order valence-electron chi connectivity index (χ0n) is 14.3. The lowest BCUT2D eigenvalue weighted by atomic mass is 10.0. The van der Waals surface area contributed by atoms with Gasteiger partial charge in [0.05, 0.1) is 31.1 Å². The van der Waals surface area contributed by atoms with Gasteiger partial charge in [-0.2, -0.15) is 0 Å². The summed E-state index contributed by atoms with van der Waals surface area (Å²) in [5.41, 5.74) is 0.665. The summed E-state index contributed by atoms with van der Waals surface area (Å²) >= 11 is 6.27. The van der Waals surface area contributed by atoms with Crippen molar-refractivity contribution < 1.29 is 24.2 Å². The molecule has 0 bridgehead atoms. The predicted octanol–water partition coefficient (Wildman–Crippen LogP) is 1.68. The van der Waals surface area contributed by atoms with Gasteiger partial charge in [0.1, 0.15) is 15.8 Å². The first-order valence-electron chi connectivity index (χ1n) is 7.50. The van der Waals surface area contributed by atoms with Crippen LogP contribution in [0.15, 0.2) is 23.1 Å². The number of rotatable bonds is 6. The van der Waals surface area contributed by atoms with E-state index in [9.17, 15) is 14.7 Å². The maximum Gasteiger partial charge on any atom is 0.266 e. The largest absolute Gasteiger partial charge is 0.548 e. The Kier molecular flexibility index (Phi) is 6.07. The molecular weight excluding hydrogens is 362 g/mol. The number of amides is 1. The number of carbonyl (C=O) groups excluding carboxylic acids is 2. The molecular formula is C17H18NO5S2-. The Morgan fingerprint density at radius 1 is 1.32 bits per heavy atom. The molecule has 1 atom stereocenters. The summed E-state index contributed by atoms with van der Waals surface area (Å²) in [5.74, 6) is -0.948. The van der Waals surface area contributed by atoms with Crippen molar-refractivity contribution in [2.75, 3.05) is 14.2 Å². The molecule has 25 heavy (non-hydrogen) atoms. The van der Waals surface area contributed by atoms with Crippen LogP contribution in [0, 0.1) is 5.92 Å². The molecule has 1 fully saturated rings. The van der Waals surface area contributed by atoms with E-state index in [1.54, 1.807) is 45.2 Å². The van der Waals surface area contributed by atoms with Gasteiger partial charge in [0.25, 0.3) is 5.91 Å². The smallest absolute Gasteiger partial charge is 0.266 e. The molecule has 0 N–H and O–H groups in total. The van der Waals surface area contributed by atoms with Crippen LogP contribution >= 0.6 is 24.0 Å². The number of carboxylic acid groups (broad SMARTS) is 1. The van der Waals surface area contributed by atoms with Crippen LogP contribution in [0.3, 0.4) is 0 Å². The Bertz CT molecular complexity index is 745. The molecule has 0 saturated carbocycles. The van der Waals surface area contributed by atoms with Crippen LogP contribution < -0.4 is 14.6 Å². The molecule has 1 amide bonds. The van der Waals surface area contributed by atoms with Crippen molar-refractivity contribution in [3.63, 3.8) is 0 Å². The fourth-order valence-electron chi connectivity index (χ4n) is 2.47. The van der Waals surface area contributed by atoms with Crippen LogP contribution in [0.25, 0.3) is 6.08 Å². The number of carboxylic acids is 1. The lowest BCUT2D eigenvalue weighted by Crippen LogP contribution is -2.52. The summed E-state index contributed by atoms with van der Waals surface area (Å²) in [7, 11) is 3.06.